The second kappa shape index (κ2) is 8.01. The fourth-order valence-electron chi connectivity index (χ4n) is 6.39. The maximum absolute atomic E-state index is 5.09. The number of nitrogens with zero attached hydrogens (tertiary/aromatic N) is 4. The zero-order valence-corrected chi connectivity index (χ0v) is 21.5. The first kappa shape index (κ1) is 21.5. The average Bonchev–Trinajstić information content (AvgIpc) is 3.53. The monoisotopic (exact) mass is 510 g/mol. The number of aromatic nitrogens is 4. The summed E-state index contributed by atoms with van der Waals surface area (Å²) in [5, 5.41) is 8.36. The number of pyridine rings is 2. The predicted octanol–water partition coefficient (Wildman–Crippen LogP) is 8.98. The number of hydrogen-bond donors (Lipinski definition) is 0. The lowest BCUT2D eigenvalue weighted by Crippen LogP contribution is -1.98. The molecule has 0 spiro atoms. The van der Waals surface area contributed by atoms with Gasteiger partial charge in [0.2, 0.25) is 0 Å². The largest absolute Gasteiger partial charge is 0.294 e. The van der Waals surface area contributed by atoms with Gasteiger partial charge in [0.1, 0.15) is 11.6 Å². The van der Waals surface area contributed by atoms with Gasteiger partial charge < -0.3 is 0 Å². The second-order valence-electron chi connectivity index (χ2n) is 10.3. The van der Waals surface area contributed by atoms with Crippen LogP contribution in [0.1, 0.15) is 0 Å². The first-order chi connectivity index (χ1) is 19.8. The summed E-state index contributed by atoms with van der Waals surface area (Å²) in [7, 11) is 0. The Kier molecular flexibility index (Phi) is 4.30. The van der Waals surface area contributed by atoms with Crippen LogP contribution in [0.5, 0.6) is 0 Å². The van der Waals surface area contributed by atoms with Crippen molar-refractivity contribution in [3.05, 3.63) is 134 Å². The van der Waals surface area contributed by atoms with Crippen molar-refractivity contribution in [1.29, 1.82) is 0 Å². The van der Waals surface area contributed by atoms with Crippen molar-refractivity contribution in [1.82, 2.24) is 19.1 Å². The third kappa shape index (κ3) is 2.90. The molecule has 9 aromatic rings. The Labute approximate surface area is 229 Å². The number of fused-ring (bicyclic) bond motifs is 9. The van der Waals surface area contributed by atoms with E-state index in [0.29, 0.717) is 0 Å². The Morgan fingerprint density at radius 2 is 1.00 bits per heavy atom. The normalized spacial score (nSPS) is 12.0. The molecule has 4 aromatic heterocycles. The molecule has 0 fully saturated rings. The summed E-state index contributed by atoms with van der Waals surface area (Å²) in [5.74, 6) is 1.84. The fraction of sp³-hybridized carbons (Fsp3) is 0. The molecular formula is C36H22N4. The molecule has 40 heavy (non-hydrogen) atoms. The van der Waals surface area contributed by atoms with Crippen molar-refractivity contribution in [3.8, 4) is 11.6 Å². The minimum atomic E-state index is 0.921. The van der Waals surface area contributed by atoms with Gasteiger partial charge in [-0.25, -0.2) is 9.97 Å². The molecule has 5 aromatic carbocycles. The van der Waals surface area contributed by atoms with E-state index in [0.717, 1.165) is 50.0 Å². The van der Waals surface area contributed by atoms with Crippen molar-refractivity contribution < 1.29 is 0 Å². The number of para-hydroxylation sites is 3. The molecular weight excluding hydrogens is 488 g/mol. The lowest BCUT2D eigenvalue weighted by Gasteiger charge is -2.09. The smallest absolute Gasteiger partial charge is 0.138 e. The molecule has 0 saturated carbocycles. The molecule has 0 aliphatic heterocycles. The van der Waals surface area contributed by atoms with Gasteiger partial charge in [-0.1, -0.05) is 78.9 Å². The first-order valence-electron chi connectivity index (χ1n) is 13.5. The molecule has 186 valence electrons. The number of benzene rings is 5. The van der Waals surface area contributed by atoms with E-state index in [2.05, 4.69) is 130 Å². The van der Waals surface area contributed by atoms with Crippen molar-refractivity contribution in [2.45, 2.75) is 0 Å². The van der Waals surface area contributed by atoms with Crippen LogP contribution in [0.2, 0.25) is 0 Å². The van der Waals surface area contributed by atoms with Crippen LogP contribution in [0.15, 0.2) is 134 Å². The van der Waals surface area contributed by atoms with E-state index in [9.17, 15) is 0 Å². The van der Waals surface area contributed by atoms with E-state index in [4.69, 9.17) is 9.97 Å². The molecule has 0 radical (unpaired) electrons. The second-order valence-corrected chi connectivity index (χ2v) is 10.3. The first-order valence-corrected chi connectivity index (χ1v) is 13.5. The minimum absolute atomic E-state index is 0.921. The Balaban J connectivity index is 1.43. The zero-order chi connectivity index (χ0) is 26.2. The highest BCUT2D eigenvalue weighted by Crippen LogP contribution is 2.42. The lowest BCUT2D eigenvalue weighted by molar-refractivity contribution is 1.09. The quantitative estimate of drug-likeness (QED) is 0.233. The van der Waals surface area contributed by atoms with Gasteiger partial charge in [0.05, 0.1) is 27.6 Å². The van der Waals surface area contributed by atoms with Crippen molar-refractivity contribution in [2.75, 3.05) is 0 Å². The molecule has 0 N–H and O–H groups in total. The topological polar surface area (TPSA) is 35.6 Å². The fourth-order valence-corrected chi connectivity index (χ4v) is 6.39. The zero-order valence-electron chi connectivity index (χ0n) is 21.5. The van der Waals surface area contributed by atoms with E-state index < -0.39 is 0 Å². The molecule has 0 saturated heterocycles. The van der Waals surface area contributed by atoms with Crippen LogP contribution in [-0.2, 0) is 0 Å². The summed E-state index contributed by atoms with van der Waals surface area (Å²) in [5.41, 5.74) is 5.57. The maximum Gasteiger partial charge on any atom is 0.138 e. The van der Waals surface area contributed by atoms with Crippen molar-refractivity contribution in [3.63, 3.8) is 0 Å². The Morgan fingerprint density at radius 1 is 0.425 bits per heavy atom. The van der Waals surface area contributed by atoms with Crippen LogP contribution < -0.4 is 0 Å². The third-order valence-electron chi connectivity index (χ3n) is 8.13. The Bertz CT molecular complexity index is 2270. The van der Waals surface area contributed by atoms with Crippen LogP contribution in [-0.4, -0.2) is 19.1 Å². The van der Waals surface area contributed by atoms with Gasteiger partial charge in [-0.2, -0.15) is 0 Å². The van der Waals surface area contributed by atoms with Gasteiger partial charge in [-0.15, -0.1) is 0 Å². The van der Waals surface area contributed by atoms with E-state index in [-0.39, 0.29) is 0 Å². The van der Waals surface area contributed by atoms with E-state index in [1.54, 1.807) is 0 Å². The molecule has 4 heteroatoms. The summed E-state index contributed by atoms with van der Waals surface area (Å²) < 4.78 is 4.61. The highest BCUT2D eigenvalue weighted by molar-refractivity contribution is 6.28. The molecule has 0 atom stereocenters. The number of hydrogen-bond acceptors (Lipinski definition) is 2. The van der Waals surface area contributed by atoms with E-state index in [1.807, 2.05) is 12.3 Å². The van der Waals surface area contributed by atoms with Gasteiger partial charge in [0.25, 0.3) is 0 Å². The predicted molar refractivity (Wildman–Crippen MR) is 166 cm³/mol. The van der Waals surface area contributed by atoms with Crippen LogP contribution in [0.4, 0.5) is 0 Å². The SMILES string of the molecule is c1ccc2cc(-n3c4ccccc4c4c5c6ccccc6n(-c6ccc7ccccc7n6)c5ccc43)ncc2c1. The standard InChI is InChI=1S/C36H22N4/c1-2-11-25-22-37-34(21-24(25)10-1)40-30-16-8-5-13-27(30)36-32(40)19-18-31-35(36)26-12-4-7-15-29(26)39(31)33-20-17-23-9-3-6-14-28(23)38-33/h1-22H. The van der Waals surface area contributed by atoms with Crippen LogP contribution in [0, 0.1) is 0 Å². The van der Waals surface area contributed by atoms with E-state index >= 15 is 0 Å². The molecule has 9 rings (SSSR count). The third-order valence-corrected chi connectivity index (χ3v) is 8.13. The lowest BCUT2D eigenvalue weighted by atomic mass is 10.1. The highest BCUT2D eigenvalue weighted by Gasteiger charge is 2.21. The van der Waals surface area contributed by atoms with Crippen LogP contribution >= 0.6 is 0 Å². The highest BCUT2D eigenvalue weighted by atomic mass is 15.1. The summed E-state index contributed by atoms with van der Waals surface area (Å²) in [4.78, 5) is 10.0. The summed E-state index contributed by atoms with van der Waals surface area (Å²) in [6.45, 7) is 0. The number of rotatable bonds is 2. The van der Waals surface area contributed by atoms with Gasteiger partial charge in [0.15, 0.2) is 0 Å². The maximum atomic E-state index is 5.09. The summed E-state index contributed by atoms with van der Waals surface area (Å²) in [6.07, 6.45) is 1.97. The summed E-state index contributed by atoms with van der Waals surface area (Å²) in [6, 6.07) is 45.0. The van der Waals surface area contributed by atoms with Gasteiger partial charge in [0, 0.05) is 38.5 Å². The molecule has 0 unspecified atom stereocenters. The summed E-state index contributed by atoms with van der Waals surface area (Å²) >= 11 is 0. The van der Waals surface area contributed by atoms with Crippen LogP contribution in [0.3, 0.4) is 0 Å². The van der Waals surface area contributed by atoms with Gasteiger partial charge >= 0.3 is 0 Å². The van der Waals surface area contributed by atoms with Gasteiger partial charge in [-0.05, 0) is 53.9 Å². The average molecular weight is 511 g/mol. The van der Waals surface area contributed by atoms with Gasteiger partial charge in [-0.3, -0.25) is 9.13 Å². The minimum Gasteiger partial charge on any atom is -0.294 e. The molecule has 0 aliphatic carbocycles. The van der Waals surface area contributed by atoms with Crippen molar-refractivity contribution >= 4 is 65.3 Å². The van der Waals surface area contributed by atoms with Crippen molar-refractivity contribution in [2.24, 2.45) is 0 Å². The van der Waals surface area contributed by atoms with Crippen LogP contribution in [0.25, 0.3) is 76.9 Å². The van der Waals surface area contributed by atoms with E-state index in [1.165, 1.54) is 26.9 Å². The Morgan fingerprint density at radius 3 is 1.73 bits per heavy atom. The molecule has 0 aliphatic rings. The molecule has 0 bridgehead atoms. The molecule has 0 amide bonds. The molecule has 4 heterocycles. The Hall–Kier alpha value is -5.48. The molecule has 4 nitrogen and oxygen atoms in total.